The van der Waals surface area contributed by atoms with E-state index in [9.17, 15) is 4.79 Å². The maximum atomic E-state index is 11.2. The van der Waals surface area contributed by atoms with Crippen molar-refractivity contribution in [3.05, 3.63) is 29.8 Å². The molecule has 0 aliphatic carbocycles. The average Bonchev–Trinajstić information content (AvgIpc) is 2.56. The summed E-state index contributed by atoms with van der Waals surface area (Å²) in [5.41, 5.74) is 2.21. The molecule has 1 atom stereocenters. The zero-order valence-corrected chi connectivity index (χ0v) is 8.79. The molecule has 0 saturated heterocycles. The predicted molar refractivity (Wildman–Crippen MR) is 58.1 cm³/mol. The Morgan fingerprint density at radius 2 is 2.29 bits per heavy atom. The summed E-state index contributed by atoms with van der Waals surface area (Å²) in [7, 11) is 0. The van der Waals surface area contributed by atoms with Gasteiger partial charge in [-0.05, 0) is 29.7 Å². The van der Waals surface area contributed by atoms with Gasteiger partial charge in [0.05, 0.1) is 0 Å². The van der Waals surface area contributed by atoms with Crippen LogP contribution in [-0.4, -0.2) is 11.9 Å². The number of anilines is 1. The van der Waals surface area contributed by atoms with E-state index in [1.807, 2.05) is 18.2 Å². The van der Waals surface area contributed by atoms with Crippen molar-refractivity contribution in [3.8, 4) is 0 Å². The molecule has 0 radical (unpaired) electrons. The van der Waals surface area contributed by atoms with Gasteiger partial charge in [0.15, 0.2) is 0 Å². The van der Waals surface area contributed by atoms with E-state index in [4.69, 9.17) is 11.6 Å². The third kappa shape index (κ3) is 1.40. The molecule has 0 fully saturated rings. The number of nitrogens with zero attached hydrogens (tertiary/aromatic N) is 1. The molecule has 3 heteroatoms. The molecule has 2 rings (SSSR count). The molecule has 1 unspecified atom stereocenters. The molecule has 2 nitrogen and oxygen atoms in total. The number of fused-ring (bicyclic) bond motifs is 1. The summed E-state index contributed by atoms with van der Waals surface area (Å²) in [6.07, 6.45) is 1.04. The van der Waals surface area contributed by atoms with Crippen LogP contribution in [0.3, 0.4) is 0 Å². The van der Waals surface area contributed by atoms with Crippen LogP contribution in [0.2, 0.25) is 0 Å². The van der Waals surface area contributed by atoms with Gasteiger partial charge in [0, 0.05) is 18.2 Å². The maximum Gasteiger partial charge on any atom is 0.320 e. The molecule has 0 N–H and O–H groups in total. The Kier molecular flexibility index (Phi) is 2.46. The van der Waals surface area contributed by atoms with Crippen molar-refractivity contribution in [1.29, 1.82) is 0 Å². The van der Waals surface area contributed by atoms with Crippen molar-refractivity contribution in [2.75, 3.05) is 11.4 Å². The summed E-state index contributed by atoms with van der Waals surface area (Å²) in [4.78, 5) is 12.8. The predicted octanol–water partition coefficient (Wildman–Crippen LogP) is 3.36. The summed E-state index contributed by atoms with van der Waals surface area (Å²) in [6, 6.07) is 7.96. The lowest BCUT2D eigenvalue weighted by atomic mass is 9.99. The van der Waals surface area contributed by atoms with Gasteiger partial charge in [0.1, 0.15) is 0 Å². The maximum absolute atomic E-state index is 11.2. The van der Waals surface area contributed by atoms with Gasteiger partial charge in [0.2, 0.25) is 0 Å². The fourth-order valence-electron chi connectivity index (χ4n) is 2.01. The molecule has 0 bridgehead atoms. The number of para-hydroxylation sites is 1. The van der Waals surface area contributed by atoms with Gasteiger partial charge in [-0.25, -0.2) is 0 Å². The van der Waals surface area contributed by atoms with Crippen molar-refractivity contribution < 1.29 is 4.79 Å². The molecule has 1 aliphatic rings. The number of carbonyl (C=O) groups excluding carboxylic acids is 1. The minimum absolute atomic E-state index is 0.381. The van der Waals surface area contributed by atoms with Gasteiger partial charge < -0.3 is 0 Å². The highest BCUT2D eigenvalue weighted by atomic mass is 35.5. The summed E-state index contributed by atoms with van der Waals surface area (Å²) in [5, 5.41) is -0.381. The van der Waals surface area contributed by atoms with Gasteiger partial charge in [-0.3, -0.25) is 9.69 Å². The molecule has 1 heterocycles. The van der Waals surface area contributed by atoms with Crippen molar-refractivity contribution in [2.24, 2.45) is 0 Å². The quantitative estimate of drug-likeness (QED) is 0.513. The van der Waals surface area contributed by atoms with Gasteiger partial charge in [-0.2, -0.15) is 0 Å². The lowest BCUT2D eigenvalue weighted by Crippen LogP contribution is -2.23. The summed E-state index contributed by atoms with van der Waals surface area (Å²) >= 11 is 5.52. The third-order valence-electron chi connectivity index (χ3n) is 2.78. The van der Waals surface area contributed by atoms with Crippen LogP contribution in [-0.2, 0) is 0 Å². The van der Waals surface area contributed by atoms with Gasteiger partial charge >= 0.3 is 5.37 Å². The first-order chi connectivity index (χ1) is 6.74. The Hall–Kier alpha value is -1.02. The number of hydrogen-bond acceptors (Lipinski definition) is 1. The SMILES string of the molecule is CCC1CN(C(=O)Cl)c2ccccc21. The van der Waals surface area contributed by atoms with Crippen molar-refractivity contribution in [3.63, 3.8) is 0 Å². The zero-order valence-electron chi connectivity index (χ0n) is 8.03. The zero-order chi connectivity index (χ0) is 10.1. The molecule has 0 aromatic heterocycles. The number of amides is 1. The van der Waals surface area contributed by atoms with Crippen LogP contribution >= 0.6 is 11.6 Å². The Morgan fingerprint density at radius 1 is 1.57 bits per heavy atom. The largest absolute Gasteiger partial charge is 0.320 e. The van der Waals surface area contributed by atoms with Crippen molar-refractivity contribution >= 4 is 22.7 Å². The molecule has 1 aromatic rings. The van der Waals surface area contributed by atoms with Crippen molar-refractivity contribution in [1.82, 2.24) is 0 Å². The van der Waals surface area contributed by atoms with E-state index < -0.39 is 0 Å². The molecule has 74 valence electrons. The molecule has 1 aliphatic heterocycles. The van der Waals surface area contributed by atoms with E-state index in [1.165, 1.54) is 5.56 Å². The van der Waals surface area contributed by atoms with Gasteiger partial charge in [-0.15, -0.1) is 0 Å². The van der Waals surface area contributed by atoms with Crippen LogP contribution in [0.5, 0.6) is 0 Å². The fourth-order valence-corrected chi connectivity index (χ4v) is 2.17. The van der Waals surface area contributed by atoms with E-state index in [2.05, 4.69) is 13.0 Å². The summed E-state index contributed by atoms with van der Waals surface area (Å²) in [6.45, 7) is 2.85. The topological polar surface area (TPSA) is 20.3 Å². The highest BCUT2D eigenvalue weighted by molar-refractivity contribution is 6.66. The van der Waals surface area contributed by atoms with E-state index in [0.717, 1.165) is 18.7 Å². The second-order valence-corrected chi connectivity index (χ2v) is 3.85. The molecule has 1 amide bonds. The molecule has 14 heavy (non-hydrogen) atoms. The van der Waals surface area contributed by atoms with E-state index >= 15 is 0 Å². The van der Waals surface area contributed by atoms with Gasteiger partial charge in [-0.1, -0.05) is 25.1 Å². The van der Waals surface area contributed by atoms with Crippen molar-refractivity contribution in [2.45, 2.75) is 19.3 Å². The number of carbonyl (C=O) groups is 1. The average molecular weight is 210 g/mol. The van der Waals surface area contributed by atoms with Crippen LogP contribution in [0, 0.1) is 0 Å². The number of benzene rings is 1. The van der Waals surface area contributed by atoms with Crippen LogP contribution in [0.15, 0.2) is 24.3 Å². The Bertz CT molecular complexity index is 364. The molecular formula is C11H12ClNO. The molecule has 0 spiro atoms. The highest BCUT2D eigenvalue weighted by Gasteiger charge is 2.29. The lowest BCUT2D eigenvalue weighted by molar-refractivity contribution is 0.264. The van der Waals surface area contributed by atoms with Crippen LogP contribution in [0.1, 0.15) is 24.8 Å². The second kappa shape index (κ2) is 3.62. The smallest absolute Gasteiger partial charge is 0.298 e. The molecular weight excluding hydrogens is 198 g/mol. The normalized spacial score (nSPS) is 19.6. The number of rotatable bonds is 1. The standard InChI is InChI=1S/C11H12ClNO/c1-2-8-7-13(11(12)14)10-6-4-3-5-9(8)10/h3-6,8H,2,7H2,1H3. The first kappa shape index (κ1) is 9.53. The second-order valence-electron chi connectivity index (χ2n) is 3.53. The number of halogens is 1. The Morgan fingerprint density at radius 3 is 2.93 bits per heavy atom. The fraction of sp³-hybridized carbons (Fsp3) is 0.364. The van der Waals surface area contributed by atoms with E-state index in [0.29, 0.717) is 5.92 Å². The summed E-state index contributed by atoms with van der Waals surface area (Å²) in [5.74, 6) is 0.439. The summed E-state index contributed by atoms with van der Waals surface area (Å²) < 4.78 is 0. The Balaban J connectivity index is 2.43. The minimum atomic E-state index is -0.381. The van der Waals surface area contributed by atoms with E-state index in [1.54, 1.807) is 4.90 Å². The monoisotopic (exact) mass is 209 g/mol. The highest BCUT2D eigenvalue weighted by Crippen LogP contribution is 2.38. The van der Waals surface area contributed by atoms with Crippen LogP contribution in [0.4, 0.5) is 10.5 Å². The minimum Gasteiger partial charge on any atom is -0.298 e. The third-order valence-corrected chi connectivity index (χ3v) is 2.98. The van der Waals surface area contributed by atoms with E-state index in [-0.39, 0.29) is 5.37 Å². The molecule has 1 aromatic carbocycles. The first-order valence-electron chi connectivity index (χ1n) is 4.80. The van der Waals surface area contributed by atoms with Crippen LogP contribution in [0.25, 0.3) is 0 Å². The molecule has 0 saturated carbocycles. The lowest BCUT2D eigenvalue weighted by Gasteiger charge is -2.12. The van der Waals surface area contributed by atoms with Gasteiger partial charge in [0.25, 0.3) is 0 Å². The number of hydrogen-bond donors (Lipinski definition) is 0. The Labute approximate surface area is 88.5 Å². The first-order valence-corrected chi connectivity index (χ1v) is 5.17. The van der Waals surface area contributed by atoms with Crippen LogP contribution < -0.4 is 4.90 Å².